The Bertz CT molecular complexity index is 606. The van der Waals surface area contributed by atoms with Crippen LogP contribution in [0.4, 0.5) is 18.9 Å². The Hall–Kier alpha value is -1.81. The molecule has 2 aromatic rings. The maximum atomic E-state index is 12.5. The molecular weight excluding hydrogens is 275 g/mol. The van der Waals surface area contributed by atoms with Gasteiger partial charge in [0.1, 0.15) is 0 Å². The Balaban J connectivity index is 2.27. The molecule has 0 saturated heterocycles. The van der Waals surface area contributed by atoms with Crippen LogP contribution in [0.1, 0.15) is 11.1 Å². The van der Waals surface area contributed by atoms with Gasteiger partial charge in [0.15, 0.2) is 0 Å². The summed E-state index contributed by atoms with van der Waals surface area (Å²) >= 11 is 5.90. The van der Waals surface area contributed by atoms with Gasteiger partial charge in [-0.2, -0.15) is 13.2 Å². The minimum Gasteiger partial charge on any atom is -0.255 e. The molecule has 0 unspecified atom stereocenters. The zero-order valence-electron chi connectivity index (χ0n) is 9.66. The van der Waals surface area contributed by atoms with E-state index in [1.54, 1.807) is 30.3 Å². The van der Waals surface area contributed by atoms with Gasteiger partial charge in [0.25, 0.3) is 0 Å². The maximum Gasteiger partial charge on any atom is 0.416 e. The Labute approximate surface area is 113 Å². The summed E-state index contributed by atoms with van der Waals surface area (Å²) in [5.41, 5.74) is 0.187. The van der Waals surface area contributed by atoms with E-state index in [2.05, 4.69) is 4.99 Å². The Kier molecular flexibility index (Phi) is 3.90. The highest BCUT2D eigenvalue weighted by Crippen LogP contribution is 2.29. The van der Waals surface area contributed by atoms with Gasteiger partial charge < -0.3 is 0 Å². The van der Waals surface area contributed by atoms with E-state index >= 15 is 0 Å². The van der Waals surface area contributed by atoms with Gasteiger partial charge >= 0.3 is 6.18 Å². The molecule has 0 amide bonds. The van der Waals surface area contributed by atoms with Crippen molar-refractivity contribution in [2.24, 2.45) is 4.99 Å². The number of alkyl halides is 3. The zero-order valence-corrected chi connectivity index (χ0v) is 10.4. The second-order valence-electron chi connectivity index (χ2n) is 3.83. The van der Waals surface area contributed by atoms with Crippen molar-refractivity contribution >= 4 is 23.5 Å². The molecule has 0 aliphatic carbocycles. The molecule has 0 bridgehead atoms. The average Bonchev–Trinajstić information content (AvgIpc) is 2.37. The fourth-order valence-electron chi connectivity index (χ4n) is 1.50. The third-order valence-electron chi connectivity index (χ3n) is 2.42. The van der Waals surface area contributed by atoms with Crippen molar-refractivity contribution in [2.75, 3.05) is 0 Å². The average molecular weight is 284 g/mol. The summed E-state index contributed by atoms with van der Waals surface area (Å²) in [6.07, 6.45) is -3.00. The van der Waals surface area contributed by atoms with Crippen LogP contribution < -0.4 is 0 Å². The summed E-state index contributed by atoms with van der Waals surface area (Å²) in [5.74, 6) is 0. The van der Waals surface area contributed by atoms with Crippen molar-refractivity contribution in [1.29, 1.82) is 0 Å². The van der Waals surface area contributed by atoms with Gasteiger partial charge in [-0.3, -0.25) is 4.99 Å². The van der Waals surface area contributed by atoms with Crippen LogP contribution in [-0.2, 0) is 6.18 Å². The Morgan fingerprint density at radius 1 is 1.00 bits per heavy atom. The minimum absolute atomic E-state index is 0.370. The topological polar surface area (TPSA) is 12.4 Å². The number of nitrogens with zero attached hydrogens (tertiary/aromatic N) is 1. The molecule has 1 nitrogen and oxygen atoms in total. The molecule has 98 valence electrons. The lowest BCUT2D eigenvalue weighted by atomic mass is 10.1. The van der Waals surface area contributed by atoms with E-state index in [1.165, 1.54) is 12.3 Å². The van der Waals surface area contributed by atoms with Crippen LogP contribution in [0.15, 0.2) is 53.5 Å². The third kappa shape index (κ3) is 3.58. The second kappa shape index (κ2) is 5.45. The highest BCUT2D eigenvalue weighted by molar-refractivity contribution is 6.33. The first kappa shape index (κ1) is 13.6. The van der Waals surface area contributed by atoms with Crippen molar-refractivity contribution in [2.45, 2.75) is 6.18 Å². The molecule has 2 rings (SSSR count). The zero-order chi connectivity index (χ0) is 13.9. The van der Waals surface area contributed by atoms with Crippen molar-refractivity contribution in [3.8, 4) is 0 Å². The number of halogens is 4. The van der Waals surface area contributed by atoms with Gasteiger partial charge in [-0.15, -0.1) is 0 Å². The summed E-state index contributed by atoms with van der Waals surface area (Å²) < 4.78 is 37.6. The molecule has 0 aliphatic heterocycles. The van der Waals surface area contributed by atoms with Crippen LogP contribution in [0.2, 0.25) is 5.02 Å². The van der Waals surface area contributed by atoms with Crippen molar-refractivity contribution in [3.63, 3.8) is 0 Å². The van der Waals surface area contributed by atoms with E-state index in [1.807, 2.05) is 0 Å². The molecule has 0 radical (unpaired) electrons. The molecule has 0 aliphatic rings. The third-order valence-corrected chi connectivity index (χ3v) is 2.74. The van der Waals surface area contributed by atoms with E-state index in [0.717, 1.165) is 12.1 Å². The lowest BCUT2D eigenvalue weighted by Gasteiger charge is -2.06. The number of hydrogen-bond donors (Lipinski definition) is 0. The largest absolute Gasteiger partial charge is 0.416 e. The van der Waals surface area contributed by atoms with Gasteiger partial charge in [0, 0.05) is 6.21 Å². The van der Waals surface area contributed by atoms with E-state index in [9.17, 15) is 13.2 Å². The lowest BCUT2D eigenvalue weighted by Crippen LogP contribution is -2.04. The highest BCUT2D eigenvalue weighted by atomic mass is 35.5. The molecule has 0 saturated carbocycles. The predicted molar refractivity (Wildman–Crippen MR) is 70.2 cm³/mol. The smallest absolute Gasteiger partial charge is 0.255 e. The van der Waals surface area contributed by atoms with Crippen LogP contribution in [0.3, 0.4) is 0 Å². The minimum atomic E-state index is -4.35. The molecular formula is C14H9ClF3N. The van der Waals surface area contributed by atoms with Gasteiger partial charge in [-0.1, -0.05) is 35.9 Å². The SMILES string of the molecule is FC(F)(F)c1cccc(C=Nc2ccccc2Cl)c1. The summed E-state index contributed by atoms with van der Waals surface area (Å²) in [5, 5.41) is 0.450. The molecule has 0 heterocycles. The second-order valence-corrected chi connectivity index (χ2v) is 4.24. The number of para-hydroxylation sites is 1. The van der Waals surface area contributed by atoms with Crippen LogP contribution in [0.25, 0.3) is 0 Å². The first-order valence-electron chi connectivity index (χ1n) is 5.43. The van der Waals surface area contributed by atoms with Crippen molar-refractivity contribution in [3.05, 3.63) is 64.7 Å². The number of rotatable bonds is 2. The van der Waals surface area contributed by atoms with E-state index in [-0.39, 0.29) is 0 Å². The molecule has 0 spiro atoms. The summed E-state index contributed by atoms with van der Waals surface area (Å²) in [7, 11) is 0. The molecule has 0 aromatic heterocycles. The van der Waals surface area contributed by atoms with E-state index in [4.69, 9.17) is 11.6 Å². The predicted octanol–water partition coefficient (Wildman–Crippen LogP) is 5.11. The summed E-state index contributed by atoms with van der Waals surface area (Å²) in [4.78, 5) is 4.07. The fraction of sp³-hybridized carbons (Fsp3) is 0.0714. The molecule has 0 fully saturated rings. The quantitative estimate of drug-likeness (QED) is 0.679. The number of aliphatic imine (C=N–C) groups is 1. The Morgan fingerprint density at radius 3 is 2.42 bits per heavy atom. The molecule has 2 aromatic carbocycles. The first-order chi connectivity index (χ1) is 8.97. The summed E-state index contributed by atoms with van der Waals surface area (Å²) in [6, 6.07) is 11.8. The maximum absolute atomic E-state index is 12.5. The van der Waals surface area contributed by atoms with Gasteiger partial charge in [-0.05, 0) is 29.8 Å². The van der Waals surface area contributed by atoms with Crippen molar-refractivity contribution in [1.82, 2.24) is 0 Å². The fourth-order valence-corrected chi connectivity index (χ4v) is 1.68. The van der Waals surface area contributed by atoms with E-state index < -0.39 is 11.7 Å². The Morgan fingerprint density at radius 2 is 1.74 bits per heavy atom. The highest BCUT2D eigenvalue weighted by Gasteiger charge is 2.30. The normalized spacial score (nSPS) is 12.0. The van der Waals surface area contributed by atoms with Crippen molar-refractivity contribution < 1.29 is 13.2 Å². The molecule has 5 heteroatoms. The standard InChI is InChI=1S/C14H9ClF3N/c15-12-6-1-2-7-13(12)19-9-10-4-3-5-11(8-10)14(16,17)18/h1-9H. The monoisotopic (exact) mass is 283 g/mol. The first-order valence-corrected chi connectivity index (χ1v) is 5.80. The summed E-state index contributed by atoms with van der Waals surface area (Å²) in [6.45, 7) is 0. The number of hydrogen-bond acceptors (Lipinski definition) is 1. The van der Waals surface area contributed by atoms with Crippen LogP contribution in [-0.4, -0.2) is 6.21 Å². The van der Waals surface area contributed by atoms with E-state index in [0.29, 0.717) is 16.3 Å². The van der Waals surface area contributed by atoms with Crippen LogP contribution in [0.5, 0.6) is 0 Å². The number of benzene rings is 2. The van der Waals surface area contributed by atoms with Gasteiger partial charge in [0.05, 0.1) is 16.3 Å². The van der Waals surface area contributed by atoms with Gasteiger partial charge in [0.2, 0.25) is 0 Å². The van der Waals surface area contributed by atoms with Crippen LogP contribution in [0, 0.1) is 0 Å². The lowest BCUT2D eigenvalue weighted by molar-refractivity contribution is -0.137. The molecule has 0 atom stereocenters. The molecule has 19 heavy (non-hydrogen) atoms. The van der Waals surface area contributed by atoms with Crippen LogP contribution >= 0.6 is 11.6 Å². The molecule has 0 N–H and O–H groups in total. The van der Waals surface area contributed by atoms with Gasteiger partial charge in [-0.25, -0.2) is 0 Å².